The van der Waals surface area contributed by atoms with Gasteiger partial charge in [0.2, 0.25) is 0 Å². The summed E-state index contributed by atoms with van der Waals surface area (Å²) in [6.45, 7) is -2.31. The summed E-state index contributed by atoms with van der Waals surface area (Å²) in [4.78, 5) is 13.7. The summed E-state index contributed by atoms with van der Waals surface area (Å²) in [5, 5.41) is 0. The van der Waals surface area contributed by atoms with Crippen molar-refractivity contribution in [2.45, 2.75) is 6.85 Å². The molecular weight excluding hydrogens is 811 g/mol. The third-order valence-corrected chi connectivity index (χ3v) is 12.5. The maximum atomic E-state index is 8.40. The van der Waals surface area contributed by atoms with E-state index < -0.39 is 6.85 Å². The van der Waals surface area contributed by atoms with Gasteiger partial charge in [-0.2, -0.15) is 0 Å². The molecule has 0 aliphatic carbocycles. The fraction of sp³-hybridized carbons (Fsp3) is 0.0156. The number of pyridine rings is 3. The third-order valence-electron chi connectivity index (χ3n) is 12.5. The Kier molecular flexibility index (Phi) is 10.3. The Morgan fingerprint density at radius 1 is 0.269 bits per heavy atom. The molecule has 3 nitrogen and oxygen atoms in total. The van der Waals surface area contributed by atoms with E-state index in [4.69, 9.17) is 9.10 Å². The highest BCUT2D eigenvalue weighted by molar-refractivity contribution is 5.94. The van der Waals surface area contributed by atoms with Gasteiger partial charge in [-0.05, 0) is 138 Å². The van der Waals surface area contributed by atoms with E-state index in [2.05, 4.69) is 168 Å². The van der Waals surface area contributed by atoms with Crippen LogP contribution in [0.5, 0.6) is 0 Å². The number of aryl methyl sites for hydroxylation is 1. The van der Waals surface area contributed by atoms with Crippen LogP contribution in [0.15, 0.2) is 255 Å². The molecule has 0 saturated heterocycles. The van der Waals surface area contributed by atoms with Gasteiger partial charge >= 0.3 is 0 Å². The first-order chi connectivity index (χ1) is 34.3. The summed E-state index contributed by atoms with van der Waals surface area (Å²) < 4.78 is 25.2. The number of benzene rings is 8. The van der Waals surface area contributed by atoms with Crippen molar-refractivity contribution in [3.8, 4) is 112 Å². The van der Waals surface area contributed by atoms with Crippen LogP contribution in [0.3, 0.4) is 0 Å². The van der Waals surface area contributed by atoms with Gasteiger partial charge in [-0.1, -0.05) is 188 Å². The first-order valence-corrected chi connectivity index (χ1v) is 22.5. The van der Waals surface area contributed by atoms with Crippen molar-refractivity contribution in [1.29, 1.82) is 0 Å². The second-order valence-electron chi connectivity index (χ2n) is 16.6. The standard InChI is InChI=1S/C64H45N3/c1-44-38-64(67-43-62(44)46-14-3-2-4-15-46)51-34-30-49(31-35-51)58-19-7-10-22-61(58)55-40-53(59-20-8-5-17-56(59)47-26-24-45(25-27-47)52-16-13-36-65-42-52)39-54(41-55)60-21-9-6-18-57(60)48-28-32-50(33-29-48)63-23-11-12-37-66-63/h2-43H,1H3/i1D3. The van der Waals surface area contributed by atoms with Crippen LogP contribution in [0.25, 0.3) is 112 Å². The molecule has 0 bridgehead atoms. The average Bonchev–Trinajstić information content (AvgIpc) is 3.43. The Bertz CT molecular complexity index is 3450. The molecule has 0 spiro atoms. The maximum absolute atomic E-state index is 8.40. The van der Waals surface area contributed by atoms with E-state index in [9.17, 15) is 0 Å². The molecule has 3 heterocycles. The van der Waals surface area contributed by atoms with E-state index in [1.54, 1.807) is 18.5 Å². The molecule has 0 atom stereocenters. The molecule has 8 aromatic carbocycles. The van der Waals surface area contributed by atoms with E-state index in [-0.39, 0.29) is 5.56 Å². The Hall–Kier alpha value is -8.79. The highest BCUT2D eigenvalue weighted by atomic mass is 14.7. The summed E-state index contributed by atoms with van der Waals surface area (Å²) in [5.41, 5.74) is 20.6. The summed E-state index contributed by atoms with van der Waals surface area (Å²) in [6.07, 6.45) is 7.21. The average molecular weight is 859 g/mol. The van der Waals surface area contributed by atoms with Crippen LogP contribution in [0.1, 0.15) is 9.68 Å². The van der Waals surface area contributed by atoms with E-state index in [0.717, 1.165) is 100 Å². The van der Waals surface area contributed by atoms with Gasteiger partial charge in [0.15, 0.2) is 0 Å². The normalized spacial score (nSPS) is 11.9. The summed E-state index contributed by atoms with van der Waals surface area (Å²) in [7, 11) is 0. The van der Waals surface area contributed by atoms with Crippen LogP contribution < -0.4 is 0 Å². The fourth-order valence-corrected chi connectivity index (χ4v) is 9.07. The maximum Gasteiger partial charge on any atom is 0.0705 e. The van der Waals surface area contributed by atoms with Crippen LogP contribution >= 0.6 is 0 Å². The molecule has 0 saturated carbocycles. The number of aromatic nitrogens is 3. The second-order valence-corrected chi connectivity index (χ2v) is 16.6. The van der Waals surface area contributed by atoms with Crippen LogP contribution in [0.4, 0.5) is 0 Å². The Balaban J connectivity index is 1.02. The van der Waals surface area contributed by atoms with Crippen molar-refractivity contribution in [2.75, 3.05) is 0 Å². The zero-order valence-corrected chi connectivity index (χ0v) is 36.6. The predicted molar refractivity (Wildman–Crippen MR) is 279 cm³/mol. The molecule has 11 aromatic rings. The second kappa shape index (κ2) is 18.4. The quantitative estimate of drug-likeness (QED) is 0.138. The highest BCUT2D eigenvalue weighted by Crippen LogP contribution is 2.43. The van der Waals surface area contributed by atoms with Crippen molar-refractivity contribution in [1.82, 2.24) is 15.0 Å². The SMILES string of the molecule is [2H]C([2H])([2H])c1cc(-c2ccc(-c3ccccc3-c3cc(-c4ccccc4-c4ccc(-c5cccnc5)cc4)cc(-c4ccccc4-c4ccc(-c5ccccn5)cc4)c3)cc2)ncc1-c1ccccc1. The Labute approximate surface area is 396 Å². The monoisotopic (exact) mass is 858 g/mol. The molecule has 67 heavy (non-hydrogen) atoms. The molecule has 0 aliphatic rings. The van der Waals surface area contributed by atoms with Gasteiger partial charge in [0.25, 0.3) is 0 Å². The molecule has 0 aliphatic heterocycles. The lowest BCUT2D eigenvalue weighted by Gasteiger charge is -2.18. The number of hydrogen-bond acceptors (Lipinski definition) is 3. The molecule has 0 amide bonds. The van der Waals surface area contributed by atoms with Gasteiger partial charge < -0.3 is 0 Å². The lowest BCUT2D eigenvalue weighted by atomic mass is 9.86. The first-order valence-electron chi connectivity index (χ1n) is 24.0. The van der Waals surface area contributed by atoms with E-state index in [1.165, 1.54) is 0 Å². The van der Waals surface area contributed by atoms with Crippen molar-refractivity contribution in [2.24, 2.45) is 0 Å². The van der Waals surface area contributed by atoms with Crippen molar-refractivity contribution >= 4 is 0 Å². The Morgan fingerprint density at radius 2 is 0.687 bits per heavy atom. The lowest BCUT2D eigenvalue weighted by Crippen LogP contribution is -1.92. The summed E-state index contributed by atoms with van der Waals surface area (Å²) in [5.74, 6) is 0. The summed E-state index contributed by atoms with van der Waals surface area (Å²) in [6, 6.07) is 79.8. The molecule has 0 radical (unpaired) electrons. The van der Waals surface area contributed by atoms with Crippen molar-refractivity contribution < 1.29 is 4.11 Å². The van der Waals surface area contributed by atoms with Crippen LogP contribution in [-0.2, 0) is 0 Å². The molecule has 3 aromatic heterocycles. The minimum Gasteiger partial charge on any atom is -0.264 e. The summed E-state index contributed by atoms with van der Waals surface area (Å²) >= 11 is 0. The van der Waals surface area contributed by atoms with Crippen LogP contribution in [0, 0.1) is 6.85 Å². The first kappa shape index (κ1) is 37.6. The number of nitrogens with zero attached hydrogens (tertiary/aromatic N) is 3. The molecular formula is C64H45N3. The molecule has 11 rings (SSSR count). The van der Waals surface area contributed by atoms with Gasteiger partial charge in [0.05, 0.1) is 11.4 Å². The molecule has 316 valence electrons. The van der Waals surface area contributed by atoms with E-state index >= 15 is 0 Å². The largest absolute Gasteiger partial charge is 0.264 e. The smallest absolute Gasteiger partial charge is 0.0705 e. The third kappa shape index (κ3) is 8.50. The molecule has 0 unspecified atom stereocenters. The van der Waals surface area contributed by atoms with Crippen LogP contribution in [-0.4, -0.2) is 15.0 Å². The van der Waals surface area contributed by atoms with Crippen molar-refractivity contribution in [3.63, 3.8) is 0 Å². The minimum absolute atomic E-state index is 0.278. The number of rotatable bonds is 10. The lowest BCUT2D eigenvalue weighted by molar-refractivity contribution is 1.29. The molecule has 0 N–H and O–H groups in total. The van der Waals surface area contributed by atoms with Crippen LogP contribution in [0.2, 0.25) is 0 Å². The topological polar surface area (TPSA) is 38.7 Å². The van der Waals surface area contributed by atoms with E-state index in [0.29, 0.717) is 11.3 Å². The number of hydrogen-bond donors (Lipinski definition) is 0. The van der Waals surface area contributed by atoms with E-state index in [1.807, 2.05) is 79.1 Å². The van der Waals surface area contributed by atoms with Crippen molar-refractivity contribution in [3.05, 3.63) is 261 Å². The molecule has 3 heteroatoms. The van der Waals surface area contributed by atoms with Gasteiger partial charge in [-0.15, -0.1) is 0 Å². The minimum atomic E-state index is -2.31. The van der Waals surface area contributed by atoms with Gasteiger partial charge in [0.1, 0.15) is 0 Å². The zero-order valence-electron chi connectivity index (χ0n) is 39.6. The Morgan fingerprint density at radius 3 is 1.15 bits per heavy atom. The molecule has 0 fully saturated rings. The highest BCUT2D eigenvalue weighted by Gasteiger charge is 2.17. The fourth-order valence-electron chi connectivity index (χ4n) is 9.07. The van der Waals surface area contributed by atoms with Gasteiger partial charge in [0, 0.05) is 45.6 Å². The van der Waals surface area contributed by atoms with Gasteiger partial charge in [-0.25, -0.2) is 0 Å². The predicted octanol–water partition coefficient (Wildman–Crippen LogP) is 16.9. The zero-order chi connectivity index (χ0) is 47.4. The van der Waals surface area contributed by atoms with Gasteiger partial charge in [-0.3, -0.25) is 15.0 Å².